The van der Waals surface area contributed by atoms with Gasteiger partial charge in [-0.1, -0.05) is 12.1 Å². The van der Waals surface area contributed by atoms with Gasteiger partial charge in [0.2, 0.25) is 0 Å². The highest BCUT2D eigenvalue weighted by Crippen LogP contribution is 2.36. The van der Waals surface area contributed by atoms with E-state index in [1.165, 1.54) is 18.2 Å². The highest BCUT2D eigenvalue weighted by molar-refractivity contribution is 7.15. The first-order valence-corrected chi connectivity index (χ1v) is 7.22. The zero-order chi connectivity index (χ0) is 16.3. The van der Waals surface area contributed by atoms with Crippen LogP contribution in [0.3, 0.4) is 0 Å². The Morgan fingerprint density at radius 3 is 2.68 bits per heavy atom. The lowest BCUT2D eigenvalue weighted by atomic mass is 10.2. The number of nitrogens with zero attached hydrogens (tertiary/aromatic N) is 1. The molecule has 0 atom stereocenters. The van der Waals surface area contributed by atoms with E-state index in [-0.39, 0.29) is 23.1 Å². The van der Waals surface area contributed by atoms with E-state index in [1.807, 2.05) is 0 Å². The van der Waals surface area contributed by atoms with Gasteiger partial charge >= 0.3 is 12.1 Å². The number of hydrogen-bond donors (Lipinski definition) is 1. The van der Waals surface area contributed by atoms with Gasteiger partial charge in [-0.05, 0) is 26.0 Å². The minimum Gasteiger partial charge on any atom is -0.461 e. The first-order valence-electron chi connectivity index (χ1n) is 6.40. The molecule has 4 nitrogen and oxygen atoms in total. The second-order valence-electron chi connectivity index (χ2n) is 4.31. The summed E-state index contributed by atoms with van der Waals surface area (Å²) < 4.78 is 43.6. The number of thiazole rings is 1. The Hall–Kier alpha value is -2.09. The molecule has 22 heavy (non-hydrogen) atoms. The number of para-hydroxylation sites is 1. The van der Waals surface area contributed by atoms with Crippen molar-refractivity contribution in [2.45, 2.75) is 20.0 Å². The molecule has 118 valence electrons. The largest absolute Gasteiger partial charge is 0.461 e. The summed E-state index contributed by atoms with van der Waals surface area (Å²) in [5, 5.41) is 2.82. The molecule has 0 aliphatic heterocycles. The lowest BCUT2D eigenvalue weighted by molar-refractivity contribution is -0.136. The number of benzene rings is 1. The van der Waals surface area contributed by atoms with Gasteiger partial charge in [-0.2, -0.15) is 13.2 Å². The highest BCUT2D eigenvalue weighted by atomic mass is 32.1. The number of alkyl halides is 3. The van der Waals surface area contributed by atoms with Gasteiger partial charge in [-0.25, -0.2) is 9.78 Å². The van der Waals surface area contributed by atoms with E-state index >= 15 is 0 Å². The predicted molar refractivity (Wildman–Crippen MR) is 77.5 cm³/mol. The SMILES string of the molecule is CCOC(=O)c1nc(Nc2ccccc2C(F)(F)F)sc1C. The van der Waals surface area contributed by atoms with Crippen LogP contribution < -0.4 is 5.32 Å². The Morgan fingerprint density at radius 1 is 1.36 bits per heavy atom. The van der Waals surface area contributed by atoms with E-state index < -0.39 is 17.7 Å². The van der Waals surface area contributed by atoms with Crippen molar-refractivity contribution in [1.29, 1.82) is 0 Å². The molecule has 0 aliphatic carbocycles. The second kappa shape index (κ2) is 6.35. The molecule has 0 radical (unpaired) electrons. The molecule has 1 heterocycles. The molecule has 0 saturated carbocycles. The molecule has 1 aromatic carbocycles. The zero-order valence-electron chi connectivity index (χ0n) is 11.8. The number of nitrogens with one attached hydrogen (secondary N) is 1. The van der Waals surface area contributed by atoms with Gasteiger partial charge in [0, 0.05) is 4.88 Å². The van der Waals surface area contributed by atoms with Crippen molar-refractivity contribution in [2.75, 3.05) is 11.9 Å². The van der Waals surface area contributed by atoms with Gasteiger partial charge in [0.1, 0.15) is 0 Å². The lowest BCUT2D eigenvalue weighted by Crippen LogP contribution is -2.09. The van der Waals surface area contributed by atoms with Gasteiger partial charge in [0.25, 0.3) is 0 Å². The topological polar surface area (TPSA) is 51.2 Å². The number of rotatable bonds is 4. The molecule has 8 heteroatoms. The van der Waals surface area contributed by atoms with Gasteiger partial charge in [0.15, 0.2) is 10.8 Å². The maximum atomic E-state index is 12.9. The summed E-state index contributed by atoms with van der Waals surface area (Å²) in [6, 6.07) is 5.09. The van der Waals surface area contributed by atoms with Crippen LogP contribution >= 0.6 is 11.3 Å². The van der Waals surface area contributed by atoms with E-state index in [0.717, 1.165) is 17.4 Å². The van der Waals surface area contributed by atoms with Crippen molar-refractivity contribution < 1.29 is 22.7 Å². The maximum absolute atomic E-state index is 12.9. The molecule has 0 unspecified atom stereocenters. The number of carbonyl (C=O) groups is 1. The summed E-state index contributed by atoms with van der Waals surface area (Å²) in [7, 11) is 0. The monoisotopic (exact) mass is 330 g/mol. The number of esters is 1. The molecular formula is C14H13F3N2O2S. The van der Waals surface area contributed by atoms with Gasteiger partial charge < -0.3 is 10.1 Å². The summed E-state index contributed by atoms with van der Waals surface area (Å²) in [5.74, 6) is -0.589. The summed E-state index contributed by atoms with van der Waals surface area (Å²) in [5.41, 5.74) is -0.793. The molecule has 0 saturated heterocycles. The van der Waals surface area contributed by atoms with Crippen molar-refractivity contribution in [3.63, 3.8) is 0 Å². The number of aromatic nitrogens is 1. The molecule has 0 spiro atoms. The molecule has 2 rings (SSSR count). The quantitative estimate of drug-likeness (QED) is 0.845. The minimum absolute atomic E-state index is 0.110. The standard InChI is InChI=1S/C14H13F3N2O2S/c1-3-21-12(20)11-8(2)22-13(19-11)18-10-7-5-4-6-9(10)14(15,16)17/h4-7H,3H2,1-2H3,(H,18,19). The van der Waals surface area contributed by atoms with Crippen LogP contribution in [-0.4, -0.2) is 17.6 Å². The summed E-state index contributed by atoms with van der Waals surface area (Å²) in [6.45, 7) is 3.53. The molecule has 0 fully saturated rings. The van der Waals surface area contributed by atoms with Gasteiger partial charge in [-0.3, -0.25) is 0 Å². The third-order valence-electron chi connectivity index (χ3n) is 2.74. The average Bonchev–Trinajstić information content (AvgIpc) is 2.79. The van der Waals surface area contributed by atoms with Crippen molar-refractivity contribution in [2.24, 2.45) is 0 Å². The summed E-state index contributed by atoms with van der Waals surface area (Å²) in [4.78, 5) is 16.3. The molecule has 0 aliphatic rings. The van der Waals surface area contributed by atoms with Crippen LogP contribution in [0.25, 0.3) is 0 Å². The maximum Gasteiger partial charge on any atom is 0.418 e. The minimum atomic E-state index is -4.47. The van der Waals surface area contributed by atoms with Crippen molar-refractivity contribution >= 4 is 28.1 Å². The van der Waals surface area contributed by atoms with Crippen LogP contribution in [-0.2, 0) is 10.9 Å². The first-order chi connectivity index (χ1) is 10.3. The lowest BCUT2D eigenvalue weighted by Gasteiger charge is -2.12. The Balaban J connectivity index is 2.29. The fourth-order valence-corrected chi connectivity index (χ4v) is 2.61. The smallest absolute Gasteiger partial charge is 0.418 e. The van der Waals surface area contributed by atoms with E-state index in [4.69, 9.17) is 4.74 Å². The normalized spacial score (nSPS) is 11.3. The Morgan fingerprint density at radius 2 is 2.05 bits per heavy atom. The third-order valence-corrected chi connectivity index (χ3v) is 3.63. The summed E-state index contributed by atoms with van der Waals surface area (Å²) in [6.07, 6.45) is -4.47. The molecule has 1 aromatic heterocycles. The van der Waals surface area contributed by atoms with Gasteiger partial charge in [0.05, 0.1) is 17.9 Å². The van der Waals surface area contributed by atoms with E-state index in [1.54, 1.807) is 13.8 Å². The predicted octanol–water partition coefficient (Wildman–Crippen LogP) is 4.39. The third kappa shape index (κ3) is 3.56. The Labute approximate surface area is 128 Å². The van der Waals surface area contributed by atoms with Crippen molar-refractivity contribution in [3.05, 3.63) is 40.4 Å². The zero-order valence-corrected chi connectivity index (χ0v) is 12.6. The van der Waals surface area contributed by atoms with E-state index in [2.05, 4.69) is 10.3 Å². The van der Waals surface area contributed by atoms with Crippen LogP contribution in [0.1, 0.15) is 27.9 Å². The molecule has 0 amide bonds. The van der Waals surface area contributed by atoms with Crippen LogP contribution in [0.5, 0.6) is 0 Å². The van der Waals surface area contributed by atoms with Crippen LogP contribution in [0.4, 0.5) is 24.0 Å². The van der Waals surface area contributed by atoms with E-state index in [0.29, 0.717) is 4.88 Å². The Bertz CT molecular complexity index is 683. The fourth-order valence-electron chi connectivity index (χ4n) is 1.79. The second-order valence-corrected chi connectivity index (χ2v) is 5.52. The van der Waals surface area contributed by atoms with Crippen molar-refractivity contribution in [1.82, 2.24) is 4.98 Å². The van der Waals surface area contributed by atoms with Gasteiger partial charge in [-0.15, -0.1) is 11.3 Å². The van der Waals surface area contributed by atoms with Crippen LogP contribution in [0, 0.1) is 6.92 Å². The number of aryl methyl sites for hydroxylation is 1. The fraction of sp³-hybridized carbons (Fsp3) is 0.286. The first kappa shape index (κ1) is 16.3. The summed E-state index contributed by atoms with van der Waals surface area (Å²) >= 11 is 1.09. The number of ether oxygens (including phenoxy) is 1. The van der Waals surface area contributed by atoms with E-state index in [9.17, 15) is 18.0 Å². The molecule has 2 aromatic rings. The van der Waals surface area contributed by atoms with Crippen LogP contribution in [0.15, 0.2) is 24.3 Å². The number of carbonyl (C=O) groups excluding carboxylic acids is 1. The molecule has 0 bridgehead atoms. The van der Waals surface area contributed by atoms with Crippen LogP contribution in [0.2, 0.25) is 0 Å². The highest BCUT2D eigenvalue weighted by Gasteiger charge is 2.33. The molecule has 1 N–H and O–H groups in total. The Kier molecular flexibility index (Phi) is 4.70. The van der Waals surface area contributed by atoms with Crippen molar-refractivity contribution in [3.8, 4) is 0 Å². The number of anilines is 2. The molecular weight excluding hydrogens is 317 g/mol. The number of hydrogen-bond acceptors (Lipinski definition) is 5. The number of halogens is 3. The average molecular weight is 330 g/mol.